The Labute approximate surface area is 114 Å². The fourth-order valence-electron chi connectivity index (χ4n) is 1.28. The first-order chi connectivity index (χ1) is 8.39. The molecule has 18 heavy (non-hydrogen) atoms. The van der Waals surface area contributed by atoms with Crippen LogP contribution in [0.1, 0.15) is 19.4 Å². The zero-order valence-corrected chi connectivity index (χ0v) is 11.9. The maximum absolute atomic E-state index is 12.0. The van der Waals surface area contributed by atoms with Crippen molar-refractivity contribution in [2.24, 2.45) is 16.3 Å². The highest BCUT2D eigenvalue weighted by molar-refractivity contribution is 9.10. The average Bonchev–Trinajstić information content (AvgIpc) is 2.36. The quantitative estimate of drug-likeness (QED) is 0.343. The van der Waals surface area contributed by atoms with Crippen LogP contribution in [0.3, 0.4) is 0 Å². The van der Waals surface area contributed by atoms with Gasteiger partial charge in [-0.3, -0.25) is 4.79 Å². The molecule has 0 saturated heterocycles. The predicted octanol–water partition coefficient (Wildman–Crippen LogP) is 1.84. The maximum Gasteiger partial charge on any atom is 0.233 e. The Morgan fingerprint density at radius 2 is 2.11 bits per heavy atom. The summed E-state index contributed by atoms with van der Waals surface area (Å²) in [7, 11) is 0. The van der Waals surface area contributed by atoms with Gasteiger partial charge >= 0.3 is 0 Å². The summed E-state index contributed by atoms with van der Waals surface area (Å²) in [6.07, 6.45) is 0. The van der Waals surface area contributed by atoms with Gasteiger partial charge in [-0.25, -0.2) is 0 Å². The summed E-state index contributed by atoms with van der Waals surface area (Å²) in [6.45, 7) is 3.57. The zero-order valence-electron chi connectivity index (χ0n) is 10.3. The molecule has 4 N–H and O–H groups in total. The SMILES string of the molecule is CC(C)(C(=O)NCc1ccccc1Br)C(N)=NO. The summed E-state index contributed by atoms with van der Waals surface area (Å²) < 4.78 is 0.923. The molecule has 1 aromatic carbocycles. The number of nitrogens with two attached hydrogens (primary N) is 1. The summed E-state index contributed by atoms with van der Waals surface area (Å²) in [5.74, 6) is -0.416. The van der Waals surface area contributed by atoms with E-state index < -0.39 is 5.41 Å². The second kappa shape index (κ2) is 5.86. The van der Waals surface area contributed by atoms with Crippen molar-refractivity contribution in [3.05, 3.63) is 34.3 Å². The Morgan fingerprint density at radius 3 is 2.67 bits per heavy atom. The van der Waals surface area contributed by atoms with Crippen LogP contribution in [-0.4, -0.2) is 17.0 Å². The molecule has 0 saturated carbocycles. The molecule has 5 nitrogen and oxygen atoms in total. The maximum atomic E-state index is 12.0. The van der Waals surface area contributed by atoms with Crippen LogP contribution in [0, 0.1) is 5.41 Å². The van der Waals surface area contributed by atoms with E-state index in [1.165, 1.54) is 0 Å². The van der Waals surface area contributed by atoms with Crippen molar-refractivity contribution in [3.8, 4) is 0 Å². The number of hydrogen-bond acceptors (Lipinski definition) is 3. The van der Waals surface area contributed by atoms with Gasteiger partial charge in [-0.05, 0) is 25.5 Å². The van der Waals surface area contributed by atoms with Crippen molar-refractivity contribution < 1.29 is 10.0 Å². The normalized spacial score (nSPS) is 12.3. The number of rotatable bonds is 4. The first-order valence-corrected chi connectivity index (χ1v) is 6.18. The number of hydrogen-bond donors (Lipinski definition) is 3. The van der Waals surface area contributed by atoms with E-state index >= 15 is 0 Å². The van der Waals surface area contributed by atoms with E-state index in [0.29, 0.717) is 6.54 Å². The van der Waals surface area contributed by atoms with Gasteiger partial charge in [0.2, 0.25) is 5.91 Å². The summed E-state index contributed by atoms with van der Waals surface area (Å²) in [5, 5.41) is 14.3. The molecule has 6 heteroatoms. The van der Waals surface area contributed by atoms with Crippen LogP contribution in [0.5, 0.6) is 0 Å². The van der Waals surface area contributed by atoms with Gasteiger partial charge in [-0.15, -0.1) is 0 Å². The van der Waals surface area contributed by atoms with Crippen LogP contribution in [0.4, 0.5) is 0 Å². The number of benzene rings is 1. The first kappa shape index (κ1) is 14.5. The second-order valence-electron chi connectivity index (χ2n) is 4.38. The third-order valence-corrected chi connectivity index (χ3v) is 3.49. The highest BCUT2D eigenvalue weighted by Crippen LogP contribution is 2.18. The summed E-state index contributed by atoms with van der Waals surface area (Å²) in [5.41, 5.74) is 5.39. The number of carbonyl (C=O) groups is 1. The van der Waals surface area contributed by atoms with Gasteiger partial charge in [-0.2, -0.15) is 0 Å². The van der Waals surface area contributed by atoms with Gasteiger partial charge in [0.15, 0.2) is 5.84 Å². The third kappa shape index (κ3) is 3.22. The van der Waals surface area contributed by atoms with Crippen LogP contribution in [0.2, 0.25) is 0 Å². The number of oxime groups is 1. The molecule has 0 fully saturated rings. The van der Waals surface area contributed by atoms with Crippen LogP contribution >= 0.6 is 15.9 Å². The van der Waals surface area contributed by atoms with Crippen molar-refractivity contribution in [2.45, 2.75) is 20.4 Å². The number of amidine groups is 1. The van der Waals surface area contributed by atoms with Crippen molar-refractivity contribution in [3.63, 3.8) is 0 Å². The number of nitrogens with zero attached hydrogens (tertiary/aromatic N) is 1. The summed E-state index contributed by atoms with van der Waals surface area (Å²) >= 11 is 3.40. The van der Waals surface area contributed by atoms with E-state index in [0.717, 1.165) is 10.0 Å². The molecule has 98 valence electrons. The van der Waals surface area contributed by atoms with Crippen LogP contribution in [0.25, 0.3) is 0 Å². The molecule has 0 heterocycles. The monoisotopic (exact) mass is 313 g/mol. The fourth-order valence-corrected chi connectivity index (χ4v) is 1.70. The summed E-state index contributed by atoms with van der Waals surface area (Å²) in [6, 6.07) is 7.59. The molecule has 1 rings (SSSR count). The minimum Gasteiger partial charge on any atom is -0.409 e. The number of halogens is 1. The van der Waals surface area contributed by atoms with E-state index in [2.05, 4.69) is 26.4 Å². The number of carbonyl (C=O) groups excluding carboxylic acids is 1. The molecule has 0 spiro atoms. The van der Waals surface area contributed by atoms with Crippen molar-refractivity contribution in [1.29, 1.82) is 0 Å². The molecule has 0 unspecified atom stereocenters. The lowest BCUT2D eigenvalue weighted by Crippen LogP contribution is -2.45. The molecule has 0 atom stereocenters. The van der Waals surface area contributed by atoms with Crippen LogP contribution < -0.4 is 11.1 Å². The number of amides is 1. The van der Waals surface area contributed by atoms with E-state index in [-0.39, 0.29) is 11.7 Å². The van der Waals surface area contributed by atoms with E-state index in [1.54, 1.807) is 13.8 Å². The molecule has 0 aliphatic carbocycles. The zero-order chi connectivity index (χ0) is 13.8. The van der Waals surface area contributed by atoms with Crippen molar-refractivity contribution in [2.75, 3.05) is 0 Å². The van der Waals surface area contributed by atoms with Gasteiger partial charge in [0.25, 0.3) is 0 Å². The van der Waals surface area contributed by atoms with Gasteiger partial charge in [0.05, 0.1) is 0 Å². The summed E-state index contributed by atoms with van der Waals surface area (Å²) in [4.78, 5) is 12.0. The molecule has 0 radical (unpaired) electrons. The Bertz CT molecular complexity index is 472. The molecule has 0 aliphatic rings. The highest BCUT2D eigenvalue weighted by Gasteiger charge is 2.32. The molecule has 0 aliphatic heterocycles. The smallest absolute Gasteiger partial charge is 0.233 e. The van der Waals surface area contributed by atoms with Crippen LogP contribution in [0.15, 0.2) is 33.9 Å². The van der Waals surface area contributed by atoms with Gasteiger partial charge < -0.3 is 16.3 Å². The average molecular weight is 314 g/mol. The van der Waals surface area contributed by atoms with E-state index in [1.807, 2.05) is 24.3 Å². The van der Waals surface area contributed by atoms with Crippen molar-refractivity contribution >= 4 is 27.7 Å². The Kier molecular flexibility index (Phi) is 4.72. The van der Waals surface area contributed by atoms with E-state index in [9.17, 15) is 4.79 Å². The van der Waals surface area contributed by atoms with Crippen molar-refractivity contribution in [1.82, 2.24) is 5.32 Å². The van der Waals surface area contributed by atoms with Gasteiger partial charge in [-0.1, -0.05) is 39.3 Å². The first-order valence-electron chi connectivity index (χ1n) is 5.39. The lowest BCUT2D eigenvalue weighted by Gasteiger charge is -2.21. The largest absolute Gasteiger partial charge is 0.409 e. The molecule has 0 aromatic heterocycles. The molecule has 1 amide bonds. The fraction of sp³-hybridized carbons (Fsp3) is 0.333. The second-order valence-corrected chi connectivity index (χ2v) is 5.24. The van der Waals surface area contributed by atoms with Gasteiger partial charge in [0.1, 0.15) is 5.41 Å². The van der Waals surface area contributed by atoms with Gasteiger partial charge in [0, 0.05) is 11.0 Å². The third-order valence-electron chi connectivity index (χ3n) is 2.71. The minimum atomic E-state index is -1.05. The Hall–Kier alpha value is -1.56. The number of nitrogens with one attached hydrogen (secondary N) is 1. The molecule has 0 bridgehead atoms. The predicted molar refractivity (Wildman–Crippen MR) is 73.2 cm³/mol. The Morgan fingerprint density at radius 1 is 1.50 bits per heavy atom. The standard InChI is InChI=1S/C12H16BrN3O2/c1-12(2,10(14)16-18)11(17)15-7-8-5-3-4-6-9(8)13/h3-6,18H,7H2,1-2H3,(H2,14,16)(H,15,17). The topological polar surface area (TPSA) is 87.7 Å². The molecular weight excluding hydrogens is 298 g/mol. The Balaban J connectivity index is 2.70. The molecule has 1 aromatic rings. The highest BCUT2D eigenvalue weighted by atomic mass is 79.9. The lowest BCUT2D eigenvalue weighted by molar-refractivity contribution is -0.126. The molecular formula is C12H16BrN3O2. The minimum absolute atomic E-state index is 0.118. The van der Waals surface area contributed by atoms with E-state index in [4.69, 9.17) is 10.9 Å². The lowest BCUT2D eigenvalue weighted by atomic mass is 9.91. The van der Waals surface area contributed by atoms with Crippen LogP contribution in [-0.2, 0) is 11.3 Å².